The van der Waals surface area contributed by atoms with Crippen LogP contribution in [-0.2, 0) is 19.3 Å². The van der Waals surface area contributed by atoms with Crippen molar-refractivity contribution in [3.05, 3.63) is 30.3 Å². The lowest BCUT2D eigenvalue weighted by Crippen LogP contribution is -2.32. The molecule has 1 heterocycles. The Morgan fingerprint density at radius 1 is 1.29 bits per heavy atom. The largest absolute Gasteiger partial charge is 0.353 e. The van der Waals surface area contributed by atoms with Crippen molar-refractivity contribution in [3.63, 3.8) is 0 Å². The number of sulfone groups is 1. The van der Waals surface area contributed by atoms with E-state index >= 15 is 0 Å². The van der Waals surface area contributed by atoms with Crippen molar-refractivity contribution in [2.24, 2.45) is 0 Å². The highest BCUT2D eigenvalue weighted by atomic mass is 32.2. The SMILES string of the molecule is CC#CC(CC(CC)OC1CCCCO1)S(=O)(=O)c1ccccc1. The summed E-state index contributed by atoms with van der Waals surface area (Å²) in [6, 6.07) is 8.50. The smallest absolute Gasteiger partial charge is 0.192 e. The standard InChI is InChI=1S/C19H26O4S/c1-3-10-18(24(20,21)17-11-6-5-7-12-17)15-16(4-2)23-19-13-8-9-14-22-19/h5-7,11-12,16,18-19H,4,8-9,13-15H2,1-2H3. The lowest BCUT2D eigenvalue weighted by Gasteiger charge is -2.28. The molecule has 2 rings (SSSR count). The van der Waals surface area contributed by atoms with Crippen LogP contribution >= 0.6 is 0 Å². The number of hydrogen-bond acceptors (Lipinski definition) is 4. The van der Waals surface area contributed by atoms with E-state index in [-0.39, 0.29) is 12.4 Å². The third-order valence-corrected chi connectivity index (χ3v) is 6.15. The third-order valence-electron chi connectivity index (χ3n) is 4.17. The molecule has 1 aliphatic heterocycles. The van der Waals surface area contributed by atoms with Gasteiger partial charge in [-0.15, -0.1) is 5.92 Å². The van der Waals surface area contributed by atoms with Gasteiger partial charge in [-0.2, -0.15) is 0 Å². The molecular weight excluding hydrogens is 324 g/mol. The molecule has 0 aliphatic carbocycles. The van der Waals surface area contributed by atoms with E-state index in [4.69, 9.17) is 9.47 Å². The van der Waals surface area contributed by atoms with Gasteiger partial charge in [0.25, 0.3) is 0 Å². The maximum absolute atomic E-state index is 12.9. The Labute approximate surface area is 145 Å². The van der Waals surface area contributed by atoms with Crippen molar-refractivity contribution in [1.82, 2.24) is 0 Å². The molecule has 1 aliphatic rings. The molecule has 1 aromatic carbocycles. The summed E-state index contributed by atoms with van der Waals surface area (Å²) in [4.78, 5) is 0.307. The minimum Gasteiger partial charge on any atom is -0.353 e. The summed E-state index contributed by atoms with van der Waals surface area (Å²) < 4.78 is 37.4. The first-order valence-corrected chi connectivity index (χ1v) is 10.1. The molecule has 0 N–H and O–H groups in total. The second-order valence-corrected chi connectivity index (χ2v) is 8.07. The van der Waals surface area contributed by atoms with Crippen molar-refractivity contribution >= 4 is 9.84 Å². The summed E-state index contributed by atoms with van der Waals surface area (Å²) in [6.45, 7) is 4.38. The van der Waals surface area contributed by atoms with Crippen molar-refractivity contribution in [2.75, 3.05) is 6.61 Å². The summed E-state index contributed by atoms with van der Waals surface area (Å²) in [6.07, 6.45) is 3.69. The zero-order valence-electron chi connectivity index (χ0n) is 14.4. The first-order valence-electron chi connectivity index (χ1n) is 8.56. The Hall–Kier alpha value is -1.35. The van der Waals surface area contributed by atoms with E-state index in [1.165, 1.54) is 0 Å². The Kier molecular flexibility index (Phi) is 7.29. The van der Waals surface area contributed by atoms with Gasteiger partial charge < -0.3 is 9.47 Å². The van der Waals surface area contributed by atoms with Gasteiger partial charge >= 0.3 is 0 Å². The topological polar surface area (TPSA) is 52.6 Å². The van der Waals surface area contributed by atoms with Crippen LogP contribution in [-0.4, -0.2) is 32.7 Å². The molecule has 1 saturated heterocycles. The molecule has 24 heavy (non-hydrogen) atoms. The normalized spacial score (nSPS) is 20.7. The molecule has 132 valence electrons. The predicted molar refractivity (Wildman–Crippen MR) is 94.2 cm³/mol. The fourth-order valence-corrected chi connectivity index (χ4v) is 4.40. The first-order chi connectivity index (χ1) is 11.6. The Bertz CT molecular complexity index is 652. The van der Waals surface area contributed by atoms with Gasteiger partial charge in [0.05, 0.1) is 11.0 Å². The van der Waals surface area contributed by atoms with Gasteiger partial charge in [0.15, 0.2) is 16.1 Å². The molecule has 3 unspecified atom stereocenters. The lowest BCUT2D eigenvalue weighted by molar-refractivity contribution is -0.189. The van der Waals surface area contributed by atoms with Crippen LogP contribution in [0, 0.1) is 11.8 Å². The first kappa shape index (κ1) is 19.0. The highest BCUT2D eigenvalue weighted by Gasteiger charge is 2.30. The minimum atomic E-state index is -3.50. The molecule has 1 fully saturated rings. The molecule has 4 nitrogen and oxygen atoms in total. The second kappa shape index (κ2) is 9.22. The van der Waals surface area contributed by atoms with Crippen LogP contribution in [0.15, 0.2) is 35.2 Å². The van der Waals surface area contributed by atoms with Crippen molar-refractivity contribution in [3.8, 4) is 11.8 Å². The van der Waals surface area contributed by atoms with E-state index in [1.807, 2.05) is 6.92 Å². The van der Waals surface area contributed by atoms with E-state index in [9.17, 15) is 8.42 Å². The average molecular weight is 350 g/mol. The molecule has 0 aromatic heterocycles. The Balaban J connectivity index is 2.12. The van der Waals surface area contributed by atoms with Crippen LogP contribution < -0.4 is 0 Å². The molecule has 0 spiro atoms. The summed E-state index contributed by atoms with van der Waals surface area (Å²) >= 11 is 0. The fourth-order valence-electron chi connectivity index (χ4n) is 2.79. The van der Waals surface area contributed by atoms with Gasteiger partial charge in [0, 0.05) is 13.0 Å². The maximum Gasteiger partial charge on any atom is 0.192 e. The predicted octanol–water partition coefficient (Wildman–Crippen LogP) is 3.56. The van der Waals surface area contributed by atoms with Gasteiger partial charge in [-0.05, 0) is 44.7 Å². The van der Waals surface area contributed by atoms with E-state index < -0.39 is 15.1 Å². The van der Waals surface area contributed by atoms with Crippen LogP contribution in [0.3, 0.4) is 0 Å². The van der Waals surface area contributed by atoms with Gasteiger partial charge in [-0.1, -0.05) is 31.0 Å². The molecule has 0 saturated carbocycles. The molecule has 0 radical (unpaired) electrons. The van der Waals surface area contributed by atoms with Crippen molar-refractivity contribution in [2.45, 2.75) is 68.5 Å². The van der Waals surface area contributed by atoms with Crippen LogP contribution in [0.25, 0.3) is 0 Å². The monoisotopic (exact) mass is 350 g/mol. The minimum absolute atomic E-state index is 0.183. The van der Waals surface area contributed by atoms with E-state index in [0.29, 0.717) is 17.9 Å². The molecule has 0 bridgehead atoms. The highest BCUT2D eigenvalue weighted by molar-refractivity contribution is 7.92. The Morgan fingerprint density at radius 3 is 2.62 bits per heavy atom. The van der Waals surface area contributed by atoms with Crippen LogP contribution in [0.4, 0.5) is 0 Å². The molecular formula is C19H26O4S. The van der Waals surface area contributed by atoms with Crippen LogP contribution in [0.1, 0.15) is 46.0 Å². The quantitative estimate of drug-likeness (QED) is 0.706. The highest BCUT2D eigenvalue weighted by Crippen LogP contribution is 2.24. The fraction of sp³-hybridized carbons (Fsp3) is 0.579. The Morgan fingerprint density at radius 2 is 2.04 bits per heavy atom. The summed E-state index contributed by atoms with van der Waals surface area (Å²) in [5.41, 5.74) is 0. The van der Waals surface area contributed by atoms with E-state index in [1.54, 1.807) is 37.3 Å². The molecule has 3 atom stereocenters. The van der Waals surface area contributed by atoms with E-state index in [0.717, 1.165) is 25.7 Å². The molecule has 1 aromatic rings. The van der Waals surface area contributed by atoms with Crippen molar-refractivity contribution in [1.29, 1.82) is 0 Å². The van der Waals surface area contributed by atoms with Gasteiger partial charge in [-0.25, -0.2) is 8.42 Å². The third kappa shape index (κ3) is 5.07. The lowest BCUT2D eigenvalue weighted by atomic mass is 10.1. The summed E-state index contributed by atoms with van der Waals surface area (Å²) in [7, 11) is -3.50. The summed E-state index contributed by atoms with van der Waals surface area (Å²) in [5.74, 6) is 5.63. The number of benzene rings is 1. The van der Waals surface area contributed by atoms with Crippen molar-refractivity contribution < 1.29 is 17.9 Å². The maximum atomic E-state index is 12.9. The zero-order chi connectivity index (χ0) is 17.4. The number of rotatable bonds is 7. The van der Waals surface area contributed by atoms with Gasteiger partial charge in [0.1, 0.15) is 5.25 Å². The molecule has 5 heteroatoms. The zero-order valence-corrected chi connectivity index (χ0v) is 15.2. The van der Waals surface area contributed by atoms with E-state index in [2.05, 4.69) is 11.8 Å². The van der Waals surface area contributed by atoms with Crippen LogP contribution in [0.2, 0.25) is 0 Å². The molecule has 0 amide bonds. The van der Waals surface area contributed by atoms with Gasteiger partial charge in [-0.3, -0.25) is 0 Å². The van der Waals surface area contributed by atoms with Gasteiger partial charge in [0.2, 0.25) is 0 Å². The number of hydrogen-bond donors (Lipinski definition) is 0. The second-order valence-electron chi connectivity index (χ2n) is 5.94. The number of ether oxygens (including phenoxy) is 2. The summed E-state index contributed by atoms with van der Waals surface area (Å²) in [5, 5.41) is -0.765. The average Bonchev–Trinajstić information content (AvgIpc) is 2.62. The van der Waals surface area contributed by atoms with Crippen LogP contribution in [0.5, 0.6) is 0 Å².